The largest absolute Gasteiger partial charge is 2.00 e. The number of rotatable bonds is 8. The van der Waals surface area contributed by atoms with Gasteiger partial charge >= 0.3 is 34.1 Å². The van der Waals surface area contributed by atoms with Gasteiger partial charge in [-0.1, -0.05) is 200 Å². The van der Waals surface area contributed by atoms with E-state index in [-0.39, 0.29) is 34.1 Å². The van der Waals surface area contributed by atoms with Gasteiger partial charge in [0.15, 0.2) is 0 Å². The average Bonchev–Trinajstić information content (AvgIpc) is 2.88. The molecule has 0 saturated carbocycles. The van der Waals surface area contributed by atoms with Crippen molar-refractivity contribution in [2.75, 3.05) is 0 Å². The Hall–Kier alpha value is -2.01. The smallest absolute Gasteiger partial charge is 0.687 e. The van der Waals surface area contributed by atoms with E-state index >= 15 is 0 Å². The van der Waals surface area contributed by atoms with Crippen LogP contribution in [0.25, 0.3) is 19.9 Å². The second-order valence-corrected chi connectivity index (χ2v) is 32.7. The molecule has 46 heavy (non-hydrogen) atoms. The fourth-order valence-corrected chi connectivity index (χ4v) is 7.25. The first-order valence-corrected chi connectivity index (χ1v) is 29.2. The summed E-state index contributed by atoms with van der Waals surface area (Å²) in [6.07, 6.45) is 0. The summed E-state index contributed by atoms with van der Waals surface area (Å²) in [6.45, 7) is 26.8. The van der Waals surface area contributed by atoms with Crippen LogP contribution in [-0.2, 0) is 34.1 Å². The van der Waals surface area contributed by atoms with Crippen molar-refractivity contribution in [3.8, 4) is 0 Å². The summed E-state index contributed by atoms with van der Waals surface area (Å²) in [6, 6.07) is 40.7. The van der Waals surface area contributed by atoms with Gasteiger partial charge in [-0.3, -0.25) is 0 Å². The molecule has 4 rings (SSSR count). The fraction of sp³-hybridized carbons (Fsp3) is 0.333. The number of hydrogen-bond donors (Lipinski definition) is 0. The van der Waals surface area contributed by atoms with Gasteiger partial charge in [-0.2, -0.15) is 0 Å². The maximum absolute atomic E-state index is 4.63. The molecule has 252 valence electrons. The van der Waals surface area contributed by atoms with E-state index in [9.17, 15) is 0 Å². The topological polar surface area (TPSA) is 56.4 Å². The molecular formula is C36H56Fe2N4Si4. The average molecular weight is 769 g/mol. The molecule has 0 radical (unpaired) electrons. The molecule has 4 aromatic rings. The summed E-state index contributed by atoms with van der Waals surface area (Å²) in [5.41, 5.74) is 4.47. The van der Waals surface area contributed by atoms with E-state index in [4.69, 9.17) is 0 Å². The van der Waals surface area contributed by atoms with Gasteiger partial charge in [0.25, 0.3) is 0 Å². The number of benzene rings is 4. The van der Waals surface area contributed by atoms with Crippen LogP contribution in [0.5, 0.6) is 0 Å². The zero-order chi connectivity index (χ0) is 33.3. The van der Waals surface area contributed by atoms with Crippen LogP contribution >= 0.6 is 0 Å². The van der Waals surface area contributed by atoms with Crippen LogP contribution in [0.2, 0.25) is 78.6 Å². The van der Waals surface area contributed by atoms with Crippen molar-refractivity contribution in [2.45, 2.75) is 78.6 Å². The van der Waals surface area contributed by atoms with Gasteiger partial charge in [-0.05, 0) is 32.9 Å². The zero-order valence-electron chi connectivity index (χ0n) is 30.0. The van der Waals surface area contributed by atoms with Crippen LogP contribution in [0.15, 0.2) is 121 Å². The molecule has 0 aliphatic rings. The molecular weight excluding hydrogens is 712 g/mol. The fourth-order valence-electron chi connectivity index (χ4n) is 3.56. The van der Waals surface area contributed by atoms with E-state index in [1.807, 2.05) is 72.8 Å². The van der Waals surface area contributed by atoms with Crippen LogP contribution in [0.3, 0.4) is 0 Å². The zero-order valence-corrected chi connectivity index (χ0v) is 36.3. The molecule has 4 nitrogen and oxygen atoms in total. The summed E-state index contributed by atoms with van der Waals surface area (Å²) < 4.78 is 0. The SMILES string of the molecule is C[Si](C)(C)[N-]c1ccccc1.C[Si](C)(C)[N-]c1ccccc1.C[Si](C)(C)[N-]c1ccccc1.C[Si](C)(C)[N-]c1ccccc1.[Fe+2].[Fe+2]. The van der Waals surface area contributed by atoms with Gasteiger partial charge in [-0.15, -0.1) is 22.7 Å². The van der Waals surface area contributed by atoms with Gasteiger partial charge in [0.2, 0.25) is 0 Å². The molecule has 0 amide bonds. The van der Waals surface area contributed by atoms with Crippen molar-refractivity contribution in [3.05, 3.63) is 141 Å². The minimum Gasteiger partial charge on any atom is -0.687 e. The standard InChI is InChI=1S/4C9H14NSi.2Fe/c4*1-11(2,3)10-9-7-5-4-6-8-9;;/h4*4-8H,1-3H3;;/q4*-1;2*+2. The van der Waals surface area contributed by atoms with Gasteiger partial charge in [0.05, 0.1) is 0 Å². The molecule has 0 aliphatic heterocycles. The summed E-state index contributed by atoms with van der Waals surface area (Å²) in [7, 11) is -5.09. The summed E-state index contributed by atoms with van der Waals surface area (Å²) in [5.74, 6) is 0. The Morgan fingerprint density at radius 3 is 0.500 bits per heavy atom. The van der Waals surface area contributed by atoms with Crippen molar-refractivity contribution >= 4 is 55.7 Å². The maximum atomic E-state index is 4.63. The molecule has 4 aromatic carbocycles. The van der Waals surface area contributed by atoms with Gasteiger partial charge in [0, 0.05) is 0 Å². The first-order chi connectivity index (χ1) is 20.3. The predicted octanol–water partition coefficient (Wildman–Crippen LogP) is 14.1. The molecule has 0 saturated heterocycles. The van der Waals surface area contributed by atoms with E-state index in [0.29, 0.717) is 0 Å². The normalized spacial score (nSPS) is 10.7. The van der Waals surface area contributed by atoms with Crippen LogP contribution in [0, 0.1) is 0 Å². The molecule has 10 heteroatoms. The molecule has 0 unspecified atom stereocenters. The quantitative estimate of drug-likeness (QED) is 0.160. The van der Waals surface area contributed by atoms with Crippen LogP contribution in [-0.4, -0.2) is 32.9 Å². The Bertz CT molecular complexity index is 1070. The number of nitrogens with zero attached hydrogens (tertiary/aromatic N) is 4. The van der Waals surface area contributed by atoms with E-state index in [1.54, 1.807) is 0 Å². The molecule has 0 aliphatic carbocycles. The Kier molecular flexibility index (Phi) is 22.6. The minimum atomic E-state index is -1.27. The minimum absolute atomic E-state index is 0. The van der Waals surface area contributed by atoms with Gasteiger partial charge < -0.3 is 19.9 Å². The van der Waals surface area contributed by atoms with Crippen molar-refractivity contribution in [1.29, 1.82) is 0 Å². The summed E-state index contributed by atoms with van der Waals surface area (Å²) >= 11 is 0. The third-order valence-electron chi connectivity index (χ3n) is 4.88. The molecule has 0 bridgehead atoms. The second kappa shape index (κ2) is 22.5. The Morgan fingerprint density at radius 1 is 0.261 bits per heavy atom. The predicted molar refractivity (Wildman–Crippen MR) is 211 cm³/mol. The first-order valence-electron chi connectivity index (χ1n) is 15.4. The number of hydrogen-bond acceptors (Lipinski definition) is 0. The molecule has 0 N–H and O–H groups in total. The van der Waals surface area contributed by atoms with E-state index < -0.39 is 32.9 Å². The Labute approximate surface area is 307 Å². The third-order valence-corrected chi connectivity index (χ3v) is 8.60. The van der Waals surface area contributed by atoms with Crippen molar-refractivity contribution in [1.82, 2.24) is 0 Å². The monoisotopic (exact) mass is 768 g/mol. The Balaban J connectivity index is 0. The van der Waals surface area contributed by atoms with Crippen molar-refractivity contribution < 1.29 is 34.1 Å². The van der Waals surface area contributed by atoms with Crippen molar-refractivity contribution in [3.63, 3.8) is 0 Å². The van der Waals surface area contributed by atoms with Crippen LogP contribution in [0.1, 0.15) is 0 Å². The van der Waals surface area contributed by atoms with Crippen LogP contribution in [0.4, 0.5) is 22.7 Å². The molecule has 0 aromatic heterocycles. The molecule has 0 atom stereocenters. The van der Waals surface area contributed by atoms with Gasteiger partial charge in [0.1, 0.15) is 0 Å². The Morgan fingerprint density at radius 2 is 0.391 bits per heavy atom. The summed E-state index contributed by atoms with van der Waals surface area (Å²) in [4.78, 5) is 18.5. The first kappa shape index (κ1) is 46.1. The maximum Gasteiger partial charge on any atom is 2.00 e. The van der Waals surface area contributed by atoms with E-state index in [2.05, 4.69) is 147 Å². The van der Waals surface area contributed by atoms with E-state index in [1.165, 1.54) is 0 Å². The van der Waals surface area contributed by atoms with Crippen LogP contribution < -0.4 is 0 Å². The van der Waals surface area contributed by atoms with E-state index in [0.717, 1.165) is 22.7 Å². The van der Waals surface area contributed by atoms with Crippen molar-refractivity contribution in [2.24, 2.45) is 0 Å². The van der Waals surface area contributed by atoms with Gasteiger partial charge in [-0.25, -0.2) is 0 Å². The molecule has 0 spiro atoms. The molecule has 0 heterocycles. The third kappa shape index (κ3) is 28.2. The molecule has 0 fully saturated rings. The summed E-state index contributed by atoms with van der Waals surface area (Å²) in [5, 5.41) is 0. The second-order valence-electron chi connectivity index (χ2n) is 14.5.